The highest BCUT2D eigenvalue weighted by Gasteiger charge is 2.35. The van der Waals surface area contributed by atoms with E-state index in [0.29, 0.717) is 28.3 Å². The van der Waals surface area contributed by atoms with Crippen molar-refractivity contribution in [2.75, 3.05) is 24.3 Å². The van der Waals surface area contributed by atoms with Crippen molar-refractivity contribution in [1.82, 2.24) is 4.90 Å². The number of rotatable bonds is 7. The summed E-state index contributed by atoms with van der Waals surface area (Å²) in [5.41, 5.74) is 2.72. The molecule has 0 saturated carbocycles. The largest absolute Gasteiger partial charge is 0.497 e. The Hall–Kier alpha value is -4.46. The van der Waals surface area contributed by atoms with Gasteiger partial charge in [0.1, 0.15) is 5.75 Å². The second-order valence-electron chi connectivity index (χ2n) is 7.84. The van der Waals surface area contributed by atoms with Gasteiger partial charge >= 0.3 is 0 Å². The van der Waals surface area contributed by atoms with E-state index in [2.05, 4.69) is 10.6 Å². The Balaban J connectivity index is 1.41. The molecule has 0 saturated heterocycles. The standard InChI is InChI=1S/C26H23N3O5/c1-16-10-11-19-21(14-16)26(33)29(25(19)32)13-12-23(30)28-22-9-4-3-8-20(22)24(31)27-17-6-5-7-18(15-17)34-2/h3-11,14-15H,12-13H2,1-2H3,(H,27,31)(H,28,30). The molecule has 3 aromatic carbocycles. The van der Waals surface area contributed by atoms with Gasteiger partial charge in [0.25, 0.3) is 17.7 Å². The third kappa shape index (κ3) is 4.66. The number of carbonyl (C=O) groups excluding carboxylic acids is 4. The van der Waals surface area contributed by atoms with E-state index in [-0.39, 0.29) is 18.5 Å². The summed E-state index contributed by atoms with van der Waals surface area (Å²) in [6.45, 7) is 1.78. The van der Waals surface area contributed by atoms with E-state index >= 15 is 0 Å². The van der Waals surface area contributed by atoms with Crippen LogP contribution in [0.3, 0.4) is 0 Å². The van der Waals surface area contributed by atoms with E-state index in [4.69, 9.17) is 4.74 Å². The number of hydrogen-bond acceptors (Lipinski definition) is 5. The molecule has 4 amide bonds. The molecular formula is C26H23N3O5. The molecule has 8 heteroatoms. The average Bonchev–Trinajstić information content (AvgIpc) is 3.06. The van der Waals surface area contributed by atoms with E-state index < -0.39 is 23.6 Å². The number of nitrogens with one attached hydrogen (secondary N) is 2. The number of hydrogen-bond donors (Lipinski definition) is 2. The van der Waals surface area contributed by atoms with Crippen molar-refractivity contribution in [2.45, 2.75) is 13.3 Å². The lowest BCUT2D eigenvalue weighted by atomic mass is 10.1. The van der Waals surface area contributed by atoms with E-state index in [0.717, 1.165) is 10.5 Å². The molecule has 0 radical (unpaired) electrons. The third-order valence-corrected chi connectivity index (χ3v) is 5.46. The summed E-state index contributed by atoms with van der Waals surface area (Å²) in [6, 6.07) is 18.6. The van der Waals surface area contributed by atoms with Gasteiger partial charge in [-0.15, -0.1) is 0 Å². The minimum atomic E-state index is -0.422. The van der Waals surface area contributed by atoms with Crippen molar-refractivity contribution in [2.24, 2.45) is 0 Å². The zero-order chi connectivity index (χ0) is 24.2. The maximum Gasteiger partial charge on any atom is 0.261 e. The van der Waals surface area contributed by atoms with Crippen molar-refractivity contribution in [3.63, 3.8) is 0 Å². The van der Waals surface area contributed by atoms with E-state index in [1.165, 1.54) is 7.11 Å². The molecule has 0 unspecified atom stereocenters. The van der Waals surface area contributed by atoms with Crippen LogP contribution in [0.2, 0.25) is 0 Å². The highest BCUT2D eigenvalue weighted by molar-refractivity contribution is 6.21. The van der Waals surface area contributed by atoms with Crippen molar-refractivity contribution < 1.29 is 23.9 Å². The van der Waals surface area contributed by atoms with Gasteiger partial charge in [0.15, 0.2) is 0 Å². The maximum absolute atomic E-state index is 12.8. The summed E-state index contributed by atoms with van der Waals surface area (Å²) in [5.74, 6) is -1.04. The lowest BCUT2D eigenvalue weighted by molar-refractivity contribution is -0.116. The zero-order valence-corrected chi connectivity index (χ0v) is 18.8. The maximum atomic E-state index is 12.8. The number of para-hydroxylation sites is 1. The number of nitrogens with zero attached hydrogens (tertiary/aromatic N) is 1. The normalized spacial score (nSPS) is 12.4. The summed E-state index contributed by atoms with van der Waals surface area (Å²) in [7, 11) is 1.54. The van der Waals surface area contributed by atoms with Crippen LogP contribution >= 0.6 is 0 Å². The zero-order valence-electron chi connectivity index (χ0n) is 18.8. The summed E-state index contributed by atoms with van der Waals surface area (Å²) in [4.78, 5) is 51.7. The second kappa shape index (κ2) is 9.58. The molecule has 1 heterocycles. The minimum Gasteiger partial charge on any atom is -0.497 e. The summed E-state index contributed by atoms with van der Waals surface area (Å²) in [6.07, 6.45) is -0.101. The summed E-state index contributed by atoms with van der Waals surface area (Å²) >= 11 is 0. The van der Waals surface area contributed by atoms with Crippen LogP contribution in [0.4, 0.5) is 11.4 Å². The van der Waals surface area contributed by atoms with Crippen LogP contribution in [0.15, 0.2) is 66.7 Å². The van der Waals surface area contributed by atoms with Gasteiger partial charge in [-0.2, -0.15) is 0 Å². The average molecular weight is 457 g/mol. The van der Waals surface area contributed by atoms with Gasteiger partial charge in [-0.25, -0.2) is 0 Å². The Bertz CT molecular complexity index is 1300. The van der Waals surface area contributed by atoms with Crippen LogP contribution < -0.4 is 15.4 Å². The Labute approximate surface area is 196 Å². The molecule has 172 valence electrons. The molecule has 0 aromatic heterocycles. The Kier molecular flexibility index (Phi) is 6.40. The van der Waals surface area contributed by atoms with Gasteiger partial charge in [-0.05, 0) is 43.3 Å². The SMILES string of the molecule is COc1cccc(NC(=O)c2ccccc2NC(=O)CCN2C(=O)c3ccc(C)cc3C2=O)c1. The fourth-order valence-electron chi connectivity index (χ4n) is 3.72. The molecule has 34 heavy (non-hydrogen) atoms. The molecular weight excluding hydrogens is 434 g/mol. The highest BCUT2D eigenvalue weighted by Crippen LogP contribution is 2.24. The van der Waals surface area contributed by atoms with Crippen molar-refractivity contribution in [3.8, 4) is 5.75 Å². The van der Waals surface area contributed by atoms with Gasteiger partial charge in [0.2, 0.25) is 5.91 Å². The molecule has 0 atom stereocenters. The van der Waals surface area contributed by atoms with Crippen molar-refractivity contribution >= 4 is 35.0 Å². The summed E-state index contributed by atoms with van der Waals surface area (Å²) < 4.78 is 5.17. The molecule has 4 rings (SSSR count). The first-order valence-corrected chi connectivity index (χ1v) is 10.7. The van der Waals surface area contributed by atoms with Crippen LogP contribution in [0.5, 0.6) is 5.75 Å². The van der Waals surface area contributed by atoms with Crippen LogP contribution in [0, 0.1) is 6.92 Å². The fourth-order valence-corrected chi connectivity index (χ4v) is 3.72. The molecule has 0 aliphatic carbocycles. The predicted molar refractivity (Wildman–Crippen MR) is 127 cm³/mol. The first-order chi connectivity index (χ1) is 16.4. The number of ether oxygens (including phenoxy) is 1. The van der Waals surface area contributed by atoms with Gasteiger partial charge in [-0.3, -0.25) is 24.1 Å². The van der Waals surface area contributed by atoms with Gasteiger partial charge in [0.05, 0.1) is 29.5 Å². The number of amides is 4. The number of fused-ring (bicyclic) bond motifs is 1. The van der Waals surface area contributed by atoms with Crippen molar-refractivity contribution in [3.05, 3.63) is 89.0 Å². The third-order valence-electron chi connectivity index (χ3n) is 5.46. The fraction of sp³-hybridized carbons (Fsp3) is 0.154. The molecule has 8 nitrogen and oxygen atoms in total. The Morgan fingerprint density at radius 3 is 2.44 bits per heavy atom. The van der Waals surface area contributed by atoms with Crippen LogP contribution in [0.1, 0.15) is 43.1 Å². The Morgan fingerprint density at radius 1 is 0.882 bits per heavy atom. The number of carbonyl (C=O) groups is 4. The number of imide groups is 1. The van der Waals surface area contributed by atoms with Crippen molar-refractivity contribution in [1.29, 1.82) is 0 Å². The number of anilines is 2. The van der Waals surface area contributed by atoms with Gasteiger partial charge in [-0.1, -0.05) is 29.8 Å². The monoisotopic (exact) mass is 457 g/mol. The number of methoxy groups -OCH3 is 1. The topological polar surface area (TPSA) is 105 Å². The highest BCUT2D eigenvalue weighted by atomic mass is 16.5. The molecule has 0 bridgehead atoms. The second-order valence-corrected chi connectivity index (χ2v) is 7.84. The lowest BCUT2D eigenvalue weighted by Crippen LogP contribution is -2.33. The molecule has 2 N–H and O–H groups in total. The first-order valence-electron chi connectivity index (χ1n) is 10.7. The quantitative estimate of drug-likeness (QED) is 0.524. The molecule has 1 aliphatic rings. The Morgan fingerprint density at radius 2 is 1.65 bits per heavy atom. The number of aryl methyl sites for hydroxylation is 1. The molecule has 0 spiro atoms. The van der Waals surface area contributed by atoms with Crippen LogP contribution in [0.25, 0.3) is 0 Å². The number of benzene rings is 3. The molecule has 1 aliphatic heterocycles. The van der Waals surface area contributed by atoms with E-state index in [9.17, 15) is 19.2 Å². The van der Waals surface area contributed by atoms with Crippen LogP contribution in [-0.2, 0) is 4.79 Å². The minimum absolute atomic E-state index is 0.0601. The molecule has 0 fully saturated rings. The lowest BCUT2D eigenvalue weighted by Gasteiger charge is -2.15. The van der Waals surface area contributed by atoms with E-state index in [1.807, 2.05) is 6.92 Å². The van der Waals surface area contributed by atoms with Gasteiger partial charge in [0, 0.05) is 24.7 Å². The molecule has 3 aromatic rings. The smallest absolute Gasteiger partial charge is 0.261 e. The van der Waals surface area contributed by atoms with Crippen LogP contribution in [-0.4, -0.2) is 42.2 Å². The predicted octanol–water partition coefficient (Wildman–Crippen LogP) is 3.88. The summed E-state index contributed by atoms with van der Waals surface area (Å²) in [5, 5.41) is 5.49. The first kappa shape index (κ1) is 22.7. The van der Waals surface area contributed by atoms with Gasteiger partial charge < -0.3 is 15.4 Å². The van der Waals surface area contributed by atoms with E-state index in [1.54, 1.807) is 66.7 Å².